The third kappa shape index (κ3) is 4.15. The third-order valence-electron chi connectivity index (χ3n) is 5.61. The monoisotopic (exact) mass is 494 g/mol. The van der Waals surface area contributed by atoms with E-state index in [1.54, 1.807) is 37.3 Å². The number of aromatic amines is 1. The number of aromatic hydroxyl groups is 1. The normalized spacial score (nSPS) is 10.8. The molecule has 0 aliphatic rings. The number of amides is 1. The molecule has 188 valence electrons. The maximum absolute atomic E-state index is 13.2. The number of phenolic OH excluding ortho intramolecular Hbond substituents is 1. The van der Waals surface area contributed by atoms with Crippen molar-refractivity contribution in [2.45, 2.75) is 6.92 Å². The number of imidazole rings is 1. The molecule has 0 bridgehead atoms. The van der Waals surface area contributed by atoms with Crippen LogP contribution in [0, 0.1) is 0 Å². The fourth-order valence-corrected chi connectivity index (χ4v) is 3.96. The summed E-state index contributed by atoms with van der Waals surface area (Å²) < 4.78 is 22.8. The van der Waals surface area contributed by atoms with E-state index in [0.29, 0.717) is 52.0 Å². The zero-order chi connectivity index (χ0) is 26.0. The Morgan fingerprint density at radius 3 is 2.22 bits per heavy atom. The predicted molar refractivity (Wildman–Crippen MR) is 133 cm³/mol. The lowest BCUT2D eigenvalue weighted by Crippen LogP contribution is -2.24. The molecule has 4 rings (SSSR count). The number of carbonyl (C=O) groups is 1. The summed E-state index contributed by atoms with van der Waals surface area (Å²) in [6, 6.07) is 9.67. The molecule has 0 spiro atoms. The number of carbonyl (C=O) groups excluding carboxylic acids is 1. The number of rotatable bonds is 8. The largest absolute Gasteiger partial charge is 0.504 e. The van der Waals surface area contributed by atoms with Crippen molar-refractivity contribution in [3.05, 3.63) is 52.6 Å². The number of methoxy groups -OCH3 is 4. The number of fused-ring (bicyclic) bond motifs is 1. The Balaban J connectivity index is 2.04. The molecule has 0 fully saturated rings. The van der Waals surface area contributed by atoms with E-state index in [9.17, 15) is 14.7 Å². The number of pyridine rings is 1. The molecule has 0 atom stereocenters. The van der Waals surface area contributed by atoms with Crippen molar-refractivity contribution >= 4 is 16.9 Å². The van der Waals surface area contributed by atoms with E-state index in [1.807, 2.05) is 0 Å². The lowest BCUT2D eigenvalue weighted by Gasteiger charge is -2.15. The average Bonchev–Trinajstić information content (AvgIpc) is 3.22. The highest BCUT2D eigenvalue weighted by atomic mass is 16.5. The summed E-state index contributed by atoms with van der Waals surface area (Å²) in [6.45, 7) is 2.15. The Hall–Kier alpha value is -4.67. The van der Waals surface area contributed by atoms with Crippen molar-refractivity contribution in [2.24, 2.45) is 0 Å². The molecule has 11 heteroatoms. The van der Waals surface area contributed by atoms with Crippen LogP contribution < -0.4 is 30.0 Å². The minimum absolute atomic E-state index is 0.0305. The van der Waals surface area contributed by atoms with Gasteiger partial charge in [0.25, 0.3) is 5.91 Å². The molecule has 0 aliphatic carbocycles. The van der Waals surface area contributed by atoms with Crippen LogP contribution in [0.5, 0.6) is 28.7 Å². The van der Waals surface area contributed by atoms with Crippen molar-refractivity contribution in [2.75, 3.05) is 35.0 Å². The van der Waals surface area contributed by atoms with Gasteiger partial charge < -0.3 is 34.4 Å². The van der Waals surface area contributed by atoms with Crippen LogP contribution in [0.25, 0.3) is 28.0 Å². The zero-order valence-corrected chi connectivity index (χ0v) is 20.5. The van der Waals surface area contributed by atoms with Gasteiger partial charge in [-0.2, -0.15) is 0 Å². The lowest BCUT2D eigenvalue weighted by molar-refractivity contribution is 0.0952. The van der Waals surface area contributed by atoms with E-state index in [4.69, 9.17) is 18.9 Å². The number of hydrogen-bond donors (Lipinski definition) is 3. The molecule has 0 saturated heterocycles. The van der Waals surface area contributed by atoms with Gasteiger partial charge in [-0.15, -0.1) is 0 Å². The first-order valence-corrected chi connectivity index (χ1v) is 11.0. The average molecular weight is 495 g/mol. The molecule has 4 aromatic rings. The van der Waals surface area contributed by atoms with E-state index < -0.39 is 11.6 Å². The predicted octanol–water partition coefficient (Wildman–Crippen LogP) is 2.87. The molecule has 3 N–H and O–H groups in total. The highest BCUT2D eigenvalue weighted by molar-refractivity contribution is 6.04. The van der Waals surface area contributed by atoms with E-state index >= 15 is 0 Å². The van der Waals surface area contributed by atoms with Gasteiger partial charge >= 0.3 is 5.69 Å². The molecular formula is C25H26N4O7. The fraction of sp³-hybridized carbons (Fsp3) is 0.240. The van der Waals surface area contributed by atoms with Crippen molar-refractivity contribution in [1.29, 1.82) is 0 Å². The first-order chi connectivity index (χ1) is 17.4. The number of nitrogens with one attached hydrogen (secondary N) is 2. The second-order valence-electron chi connectivity index (χ2n) is 7.65. The quantitative estimate of drug-likeness (QED) is 0.340. The Kier molecular flexibility index (Phi) is 6.73. The van der Waals surface area contributed by atoms with Gasteiger partial charge in [-0.1, -0.05) is 0 Å². The summed E-state index contributed by atoms with van der Waals surface area (Å²) in [5.74, 6) is 0.821. The van der Waals surface area contributed by atoms with Gasteiger partial charge in [-0.25, -0.2) is 9.78 Å². The van der Waals surface area contributed by atoms with E-state index in [2.05, 4.69) is 15.3 Å². The zero-order valence-electron chi connectivity index (χ0n) is 20.5. The van der Waals surface area contributed by atoms with Crippen LogP contribution in [0.15, 0.2) is 41.2 Å². The molecular weight excluding hydrogens is 468 g/mol. The highest BCUT2D eigenvalue weighted by Gasteiger charge is 2.22. The van der Waals surface area contributed by atoms with Gasteiger partial charge in [-0.3, -0.25) is 9.36 Å². The first-order valence-electron chi connectivity index (χ1n) is 11.0. The molecule has 0 radical (unpaired) electrons. The summed E-state index contributed by atoms with van der Waals surface area (Å²) in [5, 5.41) is 13.0. The first kappa shape index (κ1) is 24.5. The number of phenols is 1. The van der Waals surface area contributed by atoms with Crippen LogP contribution in [0.3, 0.4) is 0 Å². The maximum Gasteiger partial charge on any atom is 0.331 e. The molecule has 0 unspecified atom stereocenters. The second-order valence-corrected chi connectivity index (χ2v) is 7.65. The molecule has 2 heterocycles. The SMILES string of the molecule is CCNC(=O)c1nc(-c2ccc(OC)c(O)c2)cc2c1[nH]c(=O)n2-c1cc(OC)c(OC)c(OC)c1. The Labute approximate surface area is 206 Å². The number of ether oxygens (including phenoxy) is 4. The highest BCUT2D eigenvalue weighted by Crippen LogP contribution is 2.40. The third-order valence-corrected chi connectivity index (χ3v) is 5.61. The molecule has 2 aromatic heterocycles. The van der Waals surface area contributed by atoms with Gasteiger partial charge in [-0.05, 0) is 31.2 Å². The Morgan fingerprint density at radius 2 is 1.67 bits per heavy atom. The standard InChI is InChI=1S/C25H26N4O7/c1-6-26-24(31)22-21-16(12-15(27-22)13-7-8-18(33-2)17(30)9-13)29(25(32)28-21)14-10-19(34-3)23(36-5)20(11-14)35-4/h7-12,30H,6H2,1-5H3,(H,26,31)(H,28,32). The van der Waals surface area contributed by atoms with Gasteiger partial charge in [0.15, 0.2) is 28.7 Å². The number of hydrogen-bond acceptors (Lipinski definition) is 8. The van der Waals surface area contributed by atoms with Gasteiger partial charge in [0.05, 0.1) is 50.9 Å². The second kappa shape index (κ2) is 9.90. The summed E-state index contributed by atoms with van der Waals surface area (Å²) in [6.07, 6.45) is 0. The maximum atomic E-state index is 13.2. The molecule has 1 amide bonds. The number of nitrogens with zero attached hydrogens (tertiary/aromatic N) is 2. The smallest absolute Gasteiger partial charge is 0.331 e. The summed E-state index contributed by atoms with van der Waals surface area (Å²) in [5.41, 5.74) is 1.46. The van der Waals surface area contributed by atoms with E-state index in [-0.39, 0.29) is 17.0 Å². The molecule has 11 nitrogen and oxygen atoms in total. The van der Waals surface area contributed by atoms with Crippen molar-refractivity contribution in [3.63, 3.8) is 0 Å². The summed E-state index contributed by atoms with van der Waals surface area (Å²) in [7, 11) is 5.88. The Morgan fingerprint density at radius 1 is 1.00 bits per heavy atom. The molecule has 0 saturated carbocycles. The van der Waals surface area contributed by atoms with Gasteiger partial charge in [0, 0.05) is 24.2 Å². The van der Waals surface area contributed by atoms with Crippen LogP contribution in [0.1, 0.15) is 17.4 Å². The fourth-order valence-electron chi connectivity index (χ4n) is 3.96. The van der Waals surface area contributed by atoms with Crippen LogP contribution in [-0.2, 0) is 0 Å². The van der Waals surface area contributed by atoms with Crippen LogP contribution in [0.2, 0.25) is 0 Å². The van der Waals surface area contributed by atoms with Crippen LogP contribution in [0.4, 0.5) is 0 Å². The van der Waals surface area contributed by atoms with Crippen molar-refractivity contribution in [1.82, 2.24) is 19.9 Å². The van der Waals surface area contributed by atoms with Crippen molar-refractivity contribution < 1.29 is 28.8 Å². The topological polar surface area (TPSA) is 137 Å². The minimum Gasteiger partial charge on any atom is -0.504 e. The Bertz CT molecular complexity index is 1480. The van der Waals surface area contributed by atoms with Gasteiger partial charge in [0.2, 0.25) is 5.75 Å². The number of benzene rings is 2. The number of aromatic nitrogens is 3. The summed E-state index contributed by atoms with van der Waals surface area (Å²) >= 11 is 0. The van der Waals surface area contributed by atoms with Gasteiger partial charge in [0.1, 0.15) is 0 Å². The number of H-pyrrole nitrogens is 1. The van der Waals surface area contributed by atoms with Crippen molar-refractivity contribution in [3.8, 4) is 45.7 Å². The lowest BCUT2D eigenvalue weighted by atomic mass is 10.1. The van der Waals surface area contributed by atoms with Crippen LogP contribution >= 0.6 is 0 Å². The van der Waals surface area contributed by atoms with E-state index in [1.165, 1.54) is 39.1 Å². The molecule has 36 heavy (non-hydrogen) atoms. The molecule has 2 aromatic carbocycles. The van der Waals surface area contributed by atoms with E-state index in [0.717, 1.165) is 0 Å². The molecule has 0 aliphatic heterocycles. The van der Waals surface area contributed by atoms with Crippen LogP contribution in [-0.4, -0.2) is 60.5 Å². The summed E-state index contributed by atoms with van der Waals surface area (Å²) in [4.78, 5) is 33.4. The minimum atomic E-state index is -0.499.